The normalized spacial score (nSPS) is 24.5. The van der Waals surface area contributed by atoms with E-state index < -0.39 is 9.84 Å². The molecule has 7 heteroatoms. The molecular formula is C19H27NO5S. The molecule has 0 radical (unpaired) electrons. The van der Waals surface area contributed by atoms with Gasteiger partial charge in [0.05, 0.1) is 24.2 Å². The van der Waals surface area contributed by atoms with Crippen molar-refractivity contribution in [1.82, 2.24) is 4.90 Å². The Labute approximate surface area is 155 Å². The van der Waals surface area contributed by atoms with Gasteiger partial charge in [-0.05, 0) is 37.8 Å². The first-order chi connectivity index (χ1) is 12.5. The number of rotatable bonds is 8. The minimum absolute atomic E-state index is 0.000684. The second kappa shape index (κ2) is 8.86. The highest BCUT2D eigenvalue weighted by Crippen LogP contribution is 2.22. The predicted octanol–water partition coefficient (Wildman–Crippen LogP) is 2.04. The number of hydrogen-bond donors (Lipinski definition) is 0. The lowest BCUT2D eigenvalue weighted by Crippen LogP contribution is -2.45. The van der Waals surface area contributed by atoms with Crippen molar-refractivity contribution in [3.8, 4) is 5.75 Å². The summed E-state index contributed by atoms with van der Waals surface area (Å²) in [7, 11) is -3.03. The molecule has 6 nitrogen and oxygen atoms in total. The van der Waals surface area contributed by atoms with Crippen molar-refractivity contribution in [2.24, 2.45) is 0 Å². The molecule has 26 heavy (non-hydrogen) atoms. The maximum Gasteiger partial charge on any atom is 0.223 e. The molecular weight excluding hydrogens is 354 g/mol. The van der Waals surface area contributed by atoms with Crippen LogP contribution in [0.4, 0.5) is 0 Å². The molecule has 2 atom stereocenters. The third-order valence-corrected chi connectivity index (χ3v) is 6.69. The van der Waals surface area contributed by atoms with Crippen LogP contribution < -0.4 is 4.74 Å². The molecule has 2 aliphatic heterocycles. The number of nitrogens with zero attached hydrogens (tertiary/aromatic N) is 1. The van der Waals surface area contributed by atoms with E-state index in [0.29, 0.717) is 32.4 Å². The van der Waals surface area contributed by atoms with Gasteiger partial charge in [0, 0.05) is 25.6 Å². The van der Waals surface area contributed by atoms with Crippen LogP contribution in [0.1, 0.15) is 32.1 Å². The monoisotopic (exact) mass is 381 g/mol. The molecule has 0 spiro atoms. The number of sulfone groups is 1. The molecule has 1 amide bonds. The summed E-state index contributed by atoms with van der Waals surface area (Å²) < 4.78 is 35.0. The summed E-state index contributed by atoms with van der Waals surface area (Å²) >= 11 is 0. The Balaban J connectivity index is 1.52. The van der Waals surface area contributed by atoms with Crippen LogP contribution >= 0.6 is 0 Å². The largest absolute Gasteiger partial charge is 0.494 e. The summed E-state index contributed by atoms with van der Waals surface area (Å²) in [5.41, 5.74) is 0. The standard InChI is InChI=1S/C19H27NO5S/c21-19(9-5-12-24-17-6-2-1-3-7-17)20(14-18-8-4-11-25-18)16-10-13-26(22,23)15-16/h1-3,6-7,16,18H,4-5,8-15H2/t16-,18+/m0/s1. The zero-order valence-corrected chi connectivity index (χ0v) is 15.8. The second-order valence-corrected chi connectivity index (χ2v) is 9.23. The molecule has 2 saturated heterocycles. The highest BCUT2D eigenvalue weighted by molar-refractivity contribution is 7.91. The lowest BCUT2D eigenvalue weighted by atomic mass is 10.1. The summed E-state index contributed by atoms with van der Waals surface area (Å²) in [6.45, 7) is 1.69. The van der Waals surface area contributed by atoms with Crippen LogP contribution in [0, 0.1) is 0 Å². The van der Waals surface area contributed by atoms with Crippen molar-refractivity contribution in [2.75, 3.05) is 31.3 Å². The van der Waals surface area contributed by atoms with Gasteiger partial charge in [0.25, 0.3) is 0 Å². The van der Waals surface area contributed by atoms with E-state index in [2.05, 4.69) is 0 Å². The summed E-state index contributed by atoms with van der Waals surface area (Å²) in [5, 5.41) is 0. The first kappa shape index (κ1) is 19.2. The molecule has 2 fully saturated rings. The van der Waals surface area contributed by atoms with Gasteiger partial charge in [0.15, 0.2) is 9.84 Å². The SMILES string of the molecule is O=C(CCCOc1ccccc1)N(C[C@H]1CCCO1)[C@H]1CCS(=O)(=O)C1. The fourth-order valence-electron chi connectivity index (χ4n) is 3.56. The first-order valence-electron chi connectivity index (χ1n) is 9.33. The number of hydrogen-bond acceptors (Lipinski definition) is 5. The molecule has 1 aromatic rings. The zero-order valence-electron chi connectivity index (χ0n) is 15.0. The highest BCUT2D eigenvalue weighted by atomic mass is 32.2. The highest BCUT2D eigenvalue weighted by Gasteiger charge is 2.36. The summed E-state index contributed by atoms with van der Waals surface area (Å²) in [5.74, 6) is 1.04. The van der Waals surface area contributed by atoms with Gasteiger partial charge < -0.3 is 14.4 Å². The van der Waals surface area contributed by atoms with E-state index in [4.69, 9.17) is 9.47 Å². The number of benzene rings is 1. The van der Waals surface area contributed by atoms with Crippen molar-refractivity contribution in [2.45, 2.75) is 44.2 Å². The van der Waals surface area contributed by atoms with E-state index in [1.165, 1.54) is 0 Å². The molecule has 144 valence electrons. The number of carbonyl (C=O) groups excluding carboxylic acids is 1. The minimum Gasteiger partial charge on any atom is -0.494 e. The van der Waals surface area contributed by atoms with Gasteiger partial charge in [-0.1, -0.05) is 18.2 Å². The molecule has 0 unspecified atom stereocenters. The van der Waals surface area contributed by atoms with Gasteiger partial charge in [-0.2, -0.15) is 0 Å². The third-order valence-electron chi connectivity index (χ3n) is 4.94. The summed E-state index contributed by atoms with van der Waals surface area (Å²) in [6.07, 6.45) is 3.45. The Bertz CT molecular complexity index is 685. The Morgan fingerprint density at radius 1 is 1.23 bits per heavy atom. The van der Waals surface area contributed by atoms with E-state index >= 15 is 0 Å². The first-order valence-corrected chi connectivity index (χ1v) is 11.1. The van der Waals surface area contributed by atoms with Crippen LogP contribution in [0.2, 0.25) is 0 Å². The van der Waals surface area contributed by atoms with Gasteiger partial charge >= 0.3 is 0 Å². The molecule has 2 aliphatic rings. The van der Waals surface area contributed by atoms with Crippen LogP contribution in [0.3, 0.4) is 0 Å². The van der Waals surface area contributed by atoms with E-state index in [9.17, 15) is 13.2 Å². The average molecular weight is 381 g/mol. The van der Waals surface area contributed by atoms with Crippen molar-refractivity contribution >= 4 is 15.7 Å². The predicted molar refractivity (Wildman–Crippen MR) is 98.9 cm³/mol. The maximum absolute atomic E-state index is 12.8. The smallest absolute Gasteiger partial charge is 0.223 e. The number of carbonyl (C=O) groups is 1. The van der Waals surface area contributed by atoms with Crippen LogP contribution in [0.25, 0.3) is 0 Å². The van der Waals surface area contributed by atoms with E-state index in [1.54, 1.807) is 4.90 Å². The molecule has 3 rings (SSSR count). The maximum atomic E-state index is 12.8. The van der Waals surface area contributed by atoms with Gasteiger partial charge in [0.2, 0.25) is 5.91 Å². The fraction of sp³-hybridized carbons (Fsp3) is 0.632. The Morgan fingerprint density at radius 3 is 2.69 bits per heavy atom. The van der Waals surface area contributed by atoms with E-state index in [-0.39, 0.29) is 29.6 Å². The minimum atomic E-state index is -3.03. The van der Waals surface area contributed by atoms with Crippen molar-refractivity contribution in [3.05, 3.63) is 30.3 Å². The molecule has 0 N–H and O–H groups in total. The van der Waals surface area contributed by atoms with Gasteiger partial charge in [-0.3, -0.25) is 4.79 Å². The second-order valence-electron chi connectivity index (χ2n) is 7.00. The Hall–Kier alpha value is -1.60. The number of amides is 1. The Morgan fingerprint density at radius 2 is 2.04 bits per heavy atom. The van der Waals surface area contributed by atoms with E-state index in [0.717, 1.165) is 25.2 Å². The van der Waals surface area contributed by atoms with E-state index in [1.807, 2.05) is 30.3 Å². The fourth-order valence-corrected chi connectivity index (χ4v) is 5.29. The van der Waals surface area contributed by atoms with Crippen LogP contribution in [-0.2, 0) is 19.4 Å². The molecule has 0 bridgehead atoms. The van der Waals surface area contributed by atoms with Gasteiger partial charge in [-0.15, -0.1) is 0 Å². The number of ether oxygens (including phenoxy) is 2. The average Bonchev–Trinajstić information content (AvgIpc) is 3.26. The molecule has 0 aromatic heterocycles. The van der Waals surface area contributed by atoms with Crippen molar-refractivity contribution < 1.29 is 22.7 Å². The van der Waals surface area contributed by atoms with Crippen LogP contribution in [0.5, 0.6) is 5.75 Å². The molecule has 2 heterocycles. The lowest BCUT2D eigenvalue weighted by molar-refractivity contribution is -0.135. The third kappa shape index (κ3) is 5.45. The quantitative estimate of drug-likeness (QED) is 0.645. The summed E-state index contributed by atoms with van der Waals surface area (Å²) in [6, 6.07) is 9.29. The molecule has 1 aromatic carbocycles. The summed E-state index contributed by atoms with van der Waals surface area (Å²) in [4.78, 5) is 14.5. The lowest BCUT2D eigenvalue weighted by Gasteiger charge is -2.30. The topological polar surface area (TPSA) is 72.9 Å². The molecule has 0 saturated carbocycles. The van der Waals surface area contributed by atoms with Gasteiger partial charge in [0.1, 0.15) is 5.75 Å². The van der Waals surface area contributed by atoms with Crippen molar-refractivity contribution in [1.29, 1.82) is 0 Å². The van der Waals surface area contributed by atoms with Crippen molar-refractivity contribution in [3.63, 3.8) is 0 Å². The molecule has 0 aliphatic carbocycles. The Kier molecular flexibility index (Phi) is 6.53. The van der Waals surface area contributed by atoms with Crippen LogP contribution in [-0.4, -0.2) is 62.6 Å². The van der Waals surface area contributed by atoms with Gasteiger partial charge in [-0.25, -0.2) is 8.42 Å². The zero-order chi connectivity index (χ0) is 18.4. The van der Waals surface area contributed by atoms with Crippen LogP contribution in [0.15, 0.2) is 30.3 Å². The number of para-hydroxylation sites is 1.